The Balaban J connectivity index is 1.50. The third kappa shape index (κ3) is 4.70. The molecule has 9 heteroatoms. The van der Waals surface area contributed by atoms with Crippen molar-refractivity contribution in [2.45, 2.75) is 31.1 Å². The summed E-state index contributed by atoms with van der Waals surface area (Å²) in [4.78, 5) is 12.0. The lowest BCUT2D eigenvalue weighted by Crippen LogP contribution is -2.41. The Morgan fingerprint density at radius 3 is 2.88 bits per heavy atom. The van der Waals surface area contributed by atoms with Crippen LogP contribution in [0.3, 0.4) is 0 Å². The van der Waals surface area contributed by atoms with Crippen LogP contribution in [0, 0.1) is 0 Å². The van der Waals surface area contributed by atoms with Crippen molar-refractivity contribution in [2.24, 2.45) is 0 Å². The Bertz CT molecular complexity index is 692. The number of β-amino-alcohol motifs (C(OH)–C–C–N with tert-alkyl or cyclic N) is 1. The van der Waals surface area contributed by atoms with E-state index >= 15 is 0 Å². The number of hydrogen-bond donors (Lipinski definition) is 4. The van der Waals surface area contributed by atoms with E-state index < -0.39 is 18.3 Å². The number of benzene rings is 1. The molecule has 2 aromatic rings. The number of aliphatic hydroxyl groups excluding tert-OH is 1. The molecule has 4 N–H and O–H groups in total. The second-order valence-corrected chi connectivity index (χ2v) is 6.14. The highest BCUT2D eigenvalue weighted by atomic mass is 16.6. The molecule has 2 heterocycles. The Labute approximate surface area is 151 Å². The number of carbonyl (C=O) groups excluding carboxylic acids is 1. The van der Waals surface area contributed by atoms with E-state index in [1.165, 1.54) is 0 Å². The molecule has 1 aromatic carbocycles. The Kier molecular flexibility index (Phi) is 6.03. The average Bonchev–Trinajstić information content (AvgIpc) is 3.28. The predicted molar refractivity (Wildman–Crippen MR) is 92.9 cm³/mol. The van der Waals surface area contributed by atoms with Crippen molar-refractivity contribution in [3.63, 3.8) is 0 Å². The van der Waals surface area contributed by atoms with Crippen LogP contribution in [0.25, 0.3) is 0 Å². The van der Waals surface area contributed by atoms with Crippen LogP contribution in [0.2, 0.25) is 0 Å². The first-order valence-corrected chi connectivity index (χ1v) is 8.49. The molecule has 1 aromatic heterocycles. The molecule has 0 spiro atoms. The normalized spacial score (nSPS) is 22.2. The Hall–Kier alpha value is -2.65. The van der Waals surface area contributed by atoms with E-state index in [-0.39, 0.29) is 6.04 Å². The number of methoxy groups -OCH3 is 1. The summed E-state index contributed by atoms with van der Waals surface area (Å²) in [5.41, 5.74) is 1.82. The maximum atomic E-state index is 12.0. The molecule has 0 unspecified atom stereocenters. The van der Waals surface area contributed by atoms with Crippen LogP contribution >= 0.6 is 0 Å². The van der Waals surface area contributed by atoms with Gasteiger partial charge in [0.25, 0.3) is 0 Å². The van der Waals surface area contributed by atoms with E-state index in [0.29, 0.717) is 25.9 Å². The number of alkyl carbamates (subject to hydrolysis) is 1. The second kappa shape index (κ2) is 8.63. The fourth-order valence-corrected chi connectivity index (χ4v) is 2.94. The summed E-state index contributed by atoms with van der Waals surface area (Å²) in [6, 6.07) is 7.53. The van der Waals surface area contributed by atoms with Crippen LogP contribution in [0.1, 0.15) is 11.3 Å². The molecule has 9 nitrogen and oxygen atoms in total. The zero-order valence-electron chi connectivity index (χ0n) is 14.5. The molecule has 1 aliphatic heterocycles. The van der Waals surface area contributed by atoms with E-state index in [1.807, 2.05) is 24.3 Å². The highest BCUT2D eigenvalue weighted by Crippen LogP contribution is 2.19. The molecule has 1 aliphatic rings. The van der Waals surface area contributed by atoms with E-state index in [0.717, 1.165) is 17.0 Å². The van der Waals surface area contributed by atoms with Crippen molar-refractivity contribution >= 4 is 6.09 Å². The molecular formula is C17H23N5O4. The zero-order valence-corrected chi connectivity index (χ0v) is 14.5. The third-order valence-electron chi connectivity index (χ3n) is 4.34. The summed E-state index contributed by atoms with van der Waals surface area (Å²) in [7, 11) is 1.62. The van der Waals surface area contributed by atoms with Gasteiger partial charge in [-0.15, -0.1) is 0 Å². The number of rotatable bonds is 7. The van der Waals surface area contributed by atoms with Crippen LogP contribution in [0.15, 0.2) is 30.5 Å². The minimum Gasteiger partial charge on any atom is -0.497 e. The molecule has 0 saturated carbocycles. The molecule has 0 aliphatic carbocycles. The van der Waals surface area contributed by atoms with Gasteiger partial charge in [-0.1, -0.05) is 12.1 Å². The number of ether oxygens (including phenoxy) is 2. The minimum absolute atomic E-state index is 0.153. The van der Waals surface area contributed by atoms with Crippen molar-refractivity contribution in [3.05, 3.63) is 41.7 Å². The van der Waals surface area contributed by atoms with Gasteiger partial charge in [-0.25, -0.2) is 4.79 Å². The first-order chi connectivity index (χ1) is 12.7. The van der Waals surface area contributed by atoms with Gasteiger partial charge in [-0.3, -0.25) is 0 Å². The average molecular weight is 361 g/mol. The van der Waals surface area contributed by atoms with E-state index in [9.17, 15) is 9.90 Å². The van der Waals surface area contributed by atoms with Gasteiger partial charge >= 0.3 is 6.09 Å². The van der Waals surface area contributed by atoms with E-state index in [2.05, 4.69) is 26.0 Å². The van der Waals surface area contributed by atoms with Gasteiger partial charge < -0.3 is 25.2 Å². The van der Waals surface area contributed by atoms with Gasteiger partial charge in [-0.2, -0.15) is 15.4 Å². The molecular weight excluding hydrogens is 338 g/mol. The van der Waals surface area contributed by atoms with Gasteiger partial charge in [0.1, 0.15) is 18.0 Å². The topological polar surface area (TPSA) is 121 Å². The maximum absolute atomic E-state index is 12.0. The zero-order chi connectivity index (χ0) is 18.4. The fourth-order valence-electron chi connectivity index (χ4n) is 2.94. The predicted octanol–water partition coefficient (Wildman–Crippen LogP) is 0.0260. The van der Waals surface area contributed by atoms with Crippen LogP contribution in [0.4, 0.5) is 4.79 Å². The highest BCUT2D eigenvalue weighted by molar-refractivity contribution is 5.67. The number of nitrogens with zero attached hydrogens (tertiary/aromatic N) is 2. The number of nitrogens with one attached hydrogen (secondary N) is 3. The summed E-state index contributed by atoms with van der Waals surface area (Å²) < 4.78 is 10.6. The number of carbonyl (C=O) groups is 1. The lowest BCUT2D eigenvalue weighted by Gasteiger charge is -2.22. The molecule has 1 amide bonds. The molecule has 3 atom stereocenters. The summed E-state index contributed by atoms with van der Waals surface area (Å²) >= 11 is 0. The third-order valence-corrected chi connectivity index (χ3v) is 4.34. The van der Waals surface area contributed by atoms with Crippen molar-refractivity contribution in [1.82, 2.24) is 26.0 Å². The van der Waals surface area contributed by atoms with Crippen molar-refractivity contribution in [3.8, 4) is 5.75 Å². The summed E-state index contributed by atoms with van der Waals surface area (Å²) in [5, 5.41) is 26.1. The number of H-pyrrole nitrogens is 1. The van der Waals surface area contributed by atoms with Crippen molar-refractivity contribution < 1.29 is 19.4 Å². The number of hydrogen-bond acceptors (Lipinski definition) is 7. The summed E-state index contributed by atoms with van der Waals surface area (Å²) in [6.45, 7) is 0.766. The van der Waals surface area contributed by atoms with E-state index in [4.69, 9.17) is 9.47 Å². The number of amides is 1. The molecule has 0 bridgehead atoms. The lowest BCUT2D eigenvalue weighted by molar-refractivity contribution is 0.0191. The van der Waals surface area contributed by atoms with Crippen LogP contribution in [-0.2, 0) is 17.6 Å². The first kappa shape index (κ1) is 18.2. The number of aromatic nitrogens is 3. The summed E-state index contributed by atoms with van der Waals surface area (Å²) in [6.07, 6.45) is 0.886. The number of aromatic amines is 1. The maximum Gasteiger partial charge on any atom is 0.407 e. The molecule has 0 radical (unpaired) electrons. The smallest absolute Gasteiger partial charge is 0.407 e. The van der Waals surface area contributed by atoms with Crippen molar-refractivity contribution in [1.29, 1.82) is 0 Å². The minimum atomic E-state index is -0.737. The first-order valence-electron chi connectivity index (χ1n) is 8.49. The van der Waals surface area contributed by atoms with Crippen LogP contribution < -0.4 is 15.4 Å². The molecule has 1 saturated heterocycles. The standard InChI is InChI=1S/C17H23N5O4/c1-25-13-4-2-11(3-5-13)8-14-16(15(23)10-19-14)26-17(24)18-7-6-12-9-20-22-21-12/h2-5,9,14-16,19,23H,6-8,10H2,1H3,(H,18,24)(H,20,21,22)/t14-,15+,16+/m1/s1. The fraction of sp³-hybridized carbons (Fsp3) is 0.471. The van der Waals surface area contributed by atoms with Gasteiger partial charge in [0.15, 0.2) is 0 Å². The second-order valence-electron chi connectivity index (χ2n) is 6.14. The van der Waals surface area contributed by atoms with Gasteiger partial charge in [0.05, 0.1) is 25.0 Å². The van der Waals surface area contributed by atoms with E-state index in [1.54, 1.807) is 13.3 Å². The van der Waals surface area contributed by atoms with Gasteiger partial charge in [0, 0.05) is 19.5 Å². The highest BCUT2D eigenvalue weighted by Gasteiger charge is 2.37. The molecule has 26 heavy (non-hydrogen) atoms. The Morgan fingerprint density at radius 2 is 2.19 bits per heavy atom. The molecule has 3 rings (SSSR count). The van der Waals surface area contributed by atoms with Crippen molar-refractivity contribution in [2.75, 3.05) is 20.2 Å². The van der Waals surface area contributed by atoms with Crippen LogP contribution in [0.5, 0.6) is 5.75 Å². The quantitative estimate of drug-likeness (QED) is 0.549. The van der Waals surface area contributed by atoms with Gasteiger partial charge in [0.2, 0.25) is 0 Å². The lowest BCUT2D eigenvalue weighted by atomic mass is 10.0. The van der Waals surface area contributed by atoms with Crippen LogP contribution in [-0.4, -0.2) is 65.1 Å². The SMILES string of the molecule is COc1ccc(C[C@H]2NC[C@H](O)[C@H]2OC(=O)NCCc2cn[nH]n2)cc1. The van der Waals surface area contributed by atoms with Gasteiger partial charge in [-0.05, 0) is 24.1 Å². The molecule has 140 valence electrons. The molecule has 1 fully saturated rings. The summed E-state index contributed by atoms with van der Waals surface area (Å²) in [5.74, 6) is 0.785. The Morgan fingerprint density at radius 1 is 1.38 bits per heavy atom. The monoisotopic (exact) mass is 361 g/mol. The largest absolute Gasteiger partial charge is 0.497 e. The number of aliphatic hydroxyl groups is 1.